The molecule has 146 valence electrons. The molecule has 28 heavy (non-hydrogen) atoms. The number of hydrogen-bond donors (Lipinski definition) is 1. The first kappa shape index (κ1) is 18.6. The monoisotopic (exact) mass is 400 g/mol. The maximum absolute atomic E-state index is 12.6. The van der Waals surface area contributed by atoms with E-state index in [1.807, 2.05) is 0 Å². The number of methoxy groups -OCH3 is 1. The van der Waals surface area contributed by atoms with Gasteiger partial charge in [0, 0.05) is 42.7 Å². The number of halogens is 1. The number of amides is 2. The molecule has 1 spiro atoms. The molecule has 1 saturated heterocycles. The van der Waals surface area contributed by atoms with Crippen LogP contribution in [-0.4, -0.2) is 42.5 Å². The van der Waals surface area contributed by atoms with Gasteiger partial charge in [-0.05, 0) is 36.4 Å². The van der Waals surface area contributed by atoms with Crippen molar-refractivity contribution >= 4 is 29.1 Å². The molecule has 1 N–H and O–H groups in total. The van der Waals surface area contributed by atoms with Gasteiger partial charge in [0.15, 0.2) is 5.78 Å². The molecule has 2 heterocycles. The molecule has 7 heteroatoms. The highest BCUT2D eigenvalue weighted by molar-refractivity contribution is 6.30. The van der Waals surface area contributed by atoms with Gasteiger partial charge < -0.3 is 19.7 Å². The van der Waals surface area contributed by atoms with E-state index in [1.165, 1.54) is 0 Å². The molecule has 2 aromatic carbocycles. The van der Waals surface area contributed by atoms with Crippen molar-refractivity contribution < 1.29 is 19.1 Å². The predicted octanol–water partition coefficient (Wildman–Crippen LogP) is 4.38. The molecule has 1 fully saturated rings. The number of likely N-dealkylation sites (tertiary alicyclic amines) is 1. The Morgan fingerprint density at radius 1 is 1.18 bits per heavy atom. The second kappa shape index (κ2) is 7.36. The molecule has 0 bridgehead atoms. The summed E-state index contributed by atoms with van der Waals surface area (Å²) in [5.74, 6) is 1.29. The van der Waals surface area contributed by atoms with Crippen LogP contribution in [0.25, 0.3) is 0 Å². The lowest BCUT2D eigenvalue weighted by Gasteiger charge is -2.43. The van der Waals surface area contributed by atoms with Gasteiger partial charge in [-0.3, -0.25) is 4.79 Å². The van der Waals surface area contributed by atoms with Gasteiger partial charge in [0.2, 0.25) is 0 Å². The minimum absolute atomic E-state index is 0.0722. The van der Waals surface area contributed by atoms with Crippen molar-refractivity contribution in [2.75, 3.05) is 25.5 Å². The van der Waals surface area contributed by atoms with Crippen LogP contribution < -0.4 is 14.8 Å². The highest BCUT2D eigenvalue weighted by atomic mass is 35.5. The third-order valence-electron chi connectivity index (χ3n) is 5.36. The zero-order chi connectivity index (χ0) is 19.7. The van der Waals surface area contributed by atoms with Crippen molar-refractivity contribution in [3.05, 3.63) is 53.1 Å². The summed E-state index contributed by atoms with van der Waals surface area (Å²) in [5, 5.41) is 3.49. The van der Waals surface area contributed by atoms with Gasteiger partial charge >= 0.3 is 6.03 Å². The van der Waals surface area contributed by atoms with Gasteiger partial charge in [-0.1, -0.05) is 11.6 Å². The van der Waals surface area contributed by atoms with Crippen molar-refractivity contribution in [3.63, 3.8) is 0 Å². The Kier molecular flexibility index (Phi) is 4.89. The van der Waals surface area contributed by atoms with E-state index in [0.717, 1.165) is 0 Å². The lowest BCUT2D eigenvalue weighted by atomic mass is 9.82. The van der Waals surface area contributed by atoms with Gasteiger partial charge in [0.05, 0.1) is 19.1 Å². The quantitative estimate of drug-likeness (QED) is 0.812. The molecular weight excluding hydrogens is 380 g/mol. The van der Waals surface area contributed by atoms with Crippen molar-refractivity contribution in [2.24, 2.45) is 0 Å². The summed E-state index contributed by atoms with van der Waals surface area (Å²) < 4.78 is 11.5. The van der Waals surface area contributed by atoms with Gasteiger partial charge in [-0.2, -0.15) is 0 Å². The Hall–Kier alpha value is -2.73. The molecule has 2 aliphatic rings. The average Bonchev–Trinajstić information content (AvgIpc) is 2.69. The summed E-state index contributed by atoms with van der Waals surface area (Å²) in [6.07, 6.45) is 1.53. The number of anilines is 1. The minimum Gasteiger partial charge on any atom is -0.497 e. The summed E-state index contributed by atoms with van der Waals surface area (Å²) in [6, 6.07) is 12.1. The van der Waals surface area contributed by atoms with E-state index in [0.29, 0.717) is 60.1 Å². The lowest BCUT2D eigenvalue weighted by Crippen LogP contribution is -2.53. The fourth-order valence-corrected chi connectivity index (χ4v) is 3.86. The van der Waals surface area contributed by atoms with Crippen molar-refractivity contribution in [2.45, 2.75) is 24.9 Å². The maximum Gasteiger partial charge on any atom is 0.321 e. The van der Waals surface area contributed by atoms with Gasteiger partial charge in [-0.25, -0.2) is 4.79 Å². The molecule has 2 amide bonds. The first-order valence-corrected chi connectivity index (χ1v) is 9.58. The number of urea groups is 1. The number of nitrogens with one attached hydrogen (secondary N) is 1. The van der Waals surface area contributed by atoms with E-state index in [-0.39, 0.29) is 11.8 Å². The van der Waals surface area contributed by atoms with Crippen LogP contribution in [0.4, 0.5) is 10.5 Å². The number of fused-ring (bicyclic) bond motifs is 1. The van der Waals surface area contributed by atoms with Crippen molar-refractivity contribution in [3.8, 4) is 11.5 Å². The van der Waals surface area contributed by atoms with Crippen LogP contribution in [0.15, 0.2) is 42.5 Å². The summed E-state index contributed by atoms with van der Waals surface area (Å²) >= 11 is 5.87. The fourth-order valence-electron chi connectivity index (χ4n) is 3.73. The molecule has 0 atom stereocenters. The molecule has 4 rings (SSSR count). The normalized spacial score (nSPS) is 17.6. The molecule has 2 aliphatic heterocycles. The molecule has 0 unspecified atom stereocenters. The maximum atomic E-state index is 12.6. The zero-order valence-electron chi connectivity index (χ0n) is 15.5. The van der Waals surface area contributed by atoms with E-state index in [4.69, 9.17) is 21.1 Å². The highest BCUT2D eigenvalue weighted by Crippen LogP contribution is 2.40. The molecule has 0 aromatic heterocycles. The second-order valence-electron chi connectivity index (χ2n) is 7.17. The third kappa shape index (κ3) is 3.64. The van der Waals surface area contributed by atoms with Crippen LogP contribution in [0.2, 0.25) is 5.02 Å². The number of carbonyl (C=O) groups is 2. The van der Waals surface area contributed by atoms with Crippen LogP contribution in [-0.2, 0) is 0 Å². The van der Waals surface area contributed by atoms with Crippen LogP contribution >= 0.6 is 11.6 Å². The first-order chi connectivity index (χ1) is 13.5. The standard InChI is InChI=1S/C21H21ClN2O4/c1-27-16-6-7-17-18(25)13-21(28-19(17)12-16)8-10-24(11-9-21)20(26)23-15-4-2-14(22)3-5-15/h2-7,12H,8-11,13H2,1H3,(H,23,26). The summed E-state index contributed by atoms with van der Waals surface area (Å²) in [4.78, 5) is 26.9. The smallest absolute Gasteiger partial charge is 0.321 e. The Morgan fingerprint density at radius 2 is 1.89 bits per heavy atom. The molecule has 2 aromatic rings. The van der Waals surface area contributed by atoms with Crippen molar-refractivity contribution in [1.82, 2.24) is 4.90 Å². The largest absolute Gasteiger partial charge is 0.497 e. The first-order valence-electron chi connectivity index (χ1n) is 9.20. The Balaban J connectivity index is 1.42. The van der Waals surface area contributed by atoms with E-state index >= 15 is 0 Å². The third-order valence-corrected chi connectivity index (χ3v) is 5.61. The fraction of sp³-hybridized carbons (Fsp3) is 0.333. The van der Waals surface area contributed by atoms with Gasteiger partial charge in [0.25, 0.3) is 0 Å². The van der Waals surface area contributed by atoms with Crippen LogP contribution in [0, 0.1) is 0 Å². The van der Waals surface area contributed by atoms with Crippen LogP contribution in [0.1, 0.15) is 29.6 Å². The van der Waals surface area contributed by atoms with Crippen LogP contribution in [0.5, 0.6) is 11.5 Å². The lowest BCUT2D eigenvalue weighted by molar-refractivity contribution is 0.000264. The number of rotatable bonds is 2. The van der Waals surface area contributed by atoms with E-state index < -0.39 is 5.60 Å². The number of Topliss-reactive ketones (excluding diaryl/α,β-unsaturated/α-hetero) is 1. The van der Waals surface area contributed by atoms with Gasteiger partial charge in [0.1, 0.15) is 17.1 Å². The Bertz CT molecular complexity index is 905. The average molecular weight is 401 g/mol. The number of hydrogen-bond acceptors (Lipinski definition) is 4. The Labute approximate surface area is 168 Å². The summed E-state index contributed by atoms with van der Waals surface area (Å²) in [5.41, 5.74) is 0.724. The summed E-state index contributed by atoms with van der Waals surface area (Å²) in [6.45, 7) is 1.04. The second-order valence-corrected chi connectivity index (χ2v) is 7.61. The highest BCUT2D eigenvalue weighted by Gasteiger charge is 2.43. The number of carbonyl (C=O) groups excluding carboxylic acids is 2. The zero-order valence-corrected chi connectivity index (χ0v) is 16.3. The molecule has 0 radical (unpaired) electrons. The number of piperidine rings is 1. The number of ether oxygens (including phenoxy) is 2. The number of nitrogens with zero attached hydrogens (tertiary/aromatic N) is 1. The van der Waals surface area contributed by atoms with Crippen LogP contribution in [0.3, 0.4) is 0 Å². The van der Waals surface area contributed by atoms with Gasteiger partial charge in [-0.15, -0.1) is 0 Å². The molecular formula is C21H21ClN2O4. The van der Waals surface area contributed by atoms with E-state index in [9.17, 15) is 9.59 Å². The summed E-state index contributed by atoms with van der Waals surface area (Å²) in [7, 11) is 1.58. The molecule has 6 nitrogen and oxygen atoms in total. The number of ketones is 1. The van der Waals surface area contributed by atoms with E-state index in [1.54, 1.807) is 54.5 Å². The minimum atomic E-state index is -0.562. The number of benzene rings is 2. The molecule has 0 saturated carbocycles. The Morgan fingerprint density at radius 3 is 2.57 bits per heavy atom. The SMILES string of the molecule is COc1ccc2c(c1)OC1(CCN(C(=O)Nc3ccc(Cl)cc3)CC1)CC2=O. The predicted molar refractivity (Wildman–Crippen MR) is 107 cm³/mol. The van der Waals surface area contributed by atoms with Crippen molar-refractivity contribution in [1.29, 1.82) is 0 Å². The molecule has 0 aliphatic carbocycles. The van der Waals surface area contributed by atoms with E-state index in [2.05, 4.69) is 5.32 Å². The topological polar surface area (TPSA) is 67.9 Å².